The molecule has 134 valence electrons. The third-order valence-corrected chi connectivity index (χ3v) is 8.61. The summed E-state index contributed by atoms with van der Waals surface area (Å²) >= 11 is 0. The molecule has 4 aliphatic carbocycles. The molecule has 0 radical (unpaired) electrons. The molecule has 1 aliphatic heterocycles. The Bertz CT molecular complexity index is 704. The first-order chi connectivity index (χ1) is 11.9. The fourth-order valence-corrected chi connectivity index (χ4v) is 7.33. The van der Waals surface area contributed by atoms with Crippen molar-refractivity contribution < 1.29 is 14.3 Å². The fourth-order valence-electron chi connectivity index (χ4n) is 7.33. The second kappa shape index (κ2) is 5.08. The van der Waals surface area contributed by atoms with E-state index in [9.17, 15) is 9.59 Å². The summed E-state index contributed by atoms with van der Waals surface area (Å²) in [6.45, 7) is 4.74. The maximum Gasteiger partial charge on any atom is 0.306 e. The Hall–Kier alpha value is -1.38. The number of rotatable bonds is 0. The monoisotopic (exact) mass is 340 g/mol. The van der Waals surface area contributed by atoms with Crippen molar-refractivity contribution in [3.8, 4) is 0 Å². The molecule has 5 rings (SSSR count). The lowest BCUT2D eigenvalue weighted by molar-refractivity contribution is -0.168. The predicted octanol–water partition coefficient (Wildman–Crippen LogP) is 4.23. The van der Waals surface area contributed by atoms with E-state index in [4.69, 9.17) is 4.74 Å². The average molecular weight is 340 g/mol. The Labute approximate surface area is 149 Å². The van der Waals surface area contributed by atoms with E-state index in [1.165, 1.54) is 24.8 Å². The van der Waals surface area contributed by atoms with Crippen LogP contribution in [0.4, 0.5) is 0 Å². The van der Waals surface area contributed by atoms with E-state index in [-0.39, 0.29) is 28.7 Å². The molecule has 0 N–H and O–H groups in total. The van der Waals surface area contributed by atoms with Gasteiger partial charge in [-0.15, -0.1) is 0 Å². The minimum atomic E-state index is 0.0137. The van der Waals surface area contributed by atoms with Crippen LogP contribution < -0.4 is 0 Å². The molecule has 0 amide bonds. The number of carbonyl (C=O) groups is 2. The Kier molecular flexibility index (Phi) is 3.22. The first-order valence-corrected chi connectivity index (χ1v) is 10.1. The standard InChI is InChI=1S/C22H28O3/c1-21-9-7-15(23)12-14(21)4-5-16-17(21)8-10-22(2)18(16)11-13-3-6-19(24)25-20(13)22/h7,9,12-13,16-18,20H,3-6,8,10-11H2,1-2H3. The maximum absolute atomic E-state index is 11.9. The minimum absolute atomic E-state index is 0.0137. The Morgan fingerprint density at radius 3 is 2.76 bits per heavy atom. The number of allylic oxidation sites excluding steroid dienone is 4. The lowest BCUT2D eigenvalue weighted by Crippen LogP contribution is -2.51. The molecule has 3 heteroatoms. The van der Waals surface area contributed by atoms with Gasteiger partial charge in [0.2, 0.25) is 0 Å². The molecule has 0 spiro atoms. The van der Waals surface area contributed by atoms with Crippen molar-refractivity contribution in [2.24, 2.45) is 34.5 Å². The molecule has 5 aliphatic rings. The third kappa shape index (κ3) is 2.04. The molecular formula is C22H28O3. The number of fused-ring (bicyclic) bond motifs is 7. The van der Waals surface area contributed by atoms with Crippen molar-refractivity contribution in [1.82, 2.24) is 0 Å². The van der Waals surface area contributed by atoms with Gasteiger partial charge in [0.05, 0.1) is 0 Å². The van der Waals surface area contributed by atoms with E-state index in [2.05, 4.69) is 19.9 Å². The zero-order valence-corrected chi connectivity index (χ0v) is 15.3. The highest BCUT2D eigenvalue weighted by Crippen LogP contribution is 2.66. The van der Waals surface area contributed by atoms with Crippen molar-refractivity contribution in [3.05, 3.63) is 23.8 Å². The van der Waals surface area contributed by atoms with E-state index in [1.807, 2.05) is 6.08 Å². The summed E-state index contributed by atoms with van der Waals surface area (Å²) in [6.07, 6.45) is 13.5. The van der Waals surface area contributed by atoms with Crippen molar-refractivity contribution in [3.63, 3.8) is 0 Å². The van der Waals surface area contributed by atoms with E-state index in [0.717, 1.165) is 19.3 Å². The van der Waals surface area contributed by atoms with E-state index in [1.54, 1.807) is 6.08 Å². The number of hydrogen-bond donors (Lipinski definition) is 0. The fraction of sp³-hybridized carbons (Fsp3) is 0.727. The Morgan fingerprint density at radius 2 is 1.92 bits per heavy atom. The highest BCUT2D eigenvalue weighted by atomic mass is 16.5. The lowest BCUT2D eigenvalue weighted by Gasteiger charge is -2.56. The van der Waals surface area contributed by atoms with Gasteiger partial charge in [0.25, 0.3) is 0 Å². The molecule has 3 saturated carbocycles. The van der Waals surface area contributed by atoms with Gasteiger partial charge in [-0.25, -0.2) is 0 Å². The lowest BCUT2D eigenvalue weighted by atomic mass is 9.48. The number of carbonyl (C=O) groups excluding carboxylic acids is 2. The number of ketones is 1. The summed E-state index contributed by atoms with van der Waals surface area (Å²) in [5.41, 5.74) is 1.57. The predicted molar refractivity (Wildman–Crippen MR) is 94.6 cm³/mol. The molecule has 1 heterocycles. The molecule has 4 fully saturated rings. The summed E-state index contributed by atoms with van der Waals surface area (Å²) in [6, 6.07) is 0. The molecule has 0 aromatic carbocycles. The van der Waals surface area contributed by atoms with Crippen molar-refractivity contribution in [2.75, 3.05) is 0 Å². The smallest absolute Gasteiger partial charge is 0.306 e. The SMILES string of the molecule is CC12C=CC(=O)C=C1CCC1C2CCC2(C)C1CC1CCC(=O)OC12. The van der Waals surface area contributed by atoms with Gasteiger partial charge in [-0.05, 0) is 74.3 Å². The van der Waals surface area contributed by atoms with Gasteiger partial charge in [0.15, 0.2) is 5.78 Å². The maximum atomic E-state index is 11.9. The van der Waals surface area contributed by atoms with Crippen LogP contribution in [0, 0.1) is 34.5 Å². The van der Waals surface area contributed by atoms with Crippen LogP contribution >= 0.6 is 0 Å². The summed E-state index contributed by atoms with van der Waals surface area (Å²) in [5.74, 6) is 2.73. The molecule has 0 aromatic rings. The number of esters is 1. The Balaban J connectivity index is 1.49. The van der Waals surface area contributed by atoms with Crippen LogP contribution in [0.15, 0.2) is 23.8 Å². The van der Waals surface area contributed by atoms with Crippen molar-refractivity contribution in [1.29, 1.82) is 0 Å². The Morgan fingerprint density at radius 1 is 1.08 bits per heavy atom. The summed E-state index contributed by atoms with van der Waals surface area (Å²) in [5, 5.41) is 0. The minimum Gasteiger partial charge on any atom is -0.461 e. The van der Waals surface area contributed by atoms with Crippen molar-refractivity contribution >= 4 is 11.8 Å². The van der Waals surface area contributed by atoms with E-state index < -0.39 is 0 Å². The van der Waals surface area contributed by atoms with Crippen LogP contribution in [0.1, 0.15) is 58.8 Å². The molecule has 3 nitrogen and oxygen atoms in total. The molecule has 25 heavy (non-hydrogen) atoms. The van der Waals surface area contributed by atoms with Crippen LogP contribution in [-0.4, -0.2) is 17.9 Å². The first kappa shape index (κ1) is 15.8. The van der Waals surface area contributed by atoms with Gasteiger partial charge >= 0.3 is 5.97 Å². The van der Waals surface area contributed by atoms with Gasteiger partial charge in [-0.3, -0.25) is 9.59 Å². The van der Waals surface area contributed by atoms with Gasteiger partial charge in [0.1, 0.15) is 6.10 Å². The normalized spacial score (nSPS) is 51.0. The molecule has 7 atom stereocenters. The highest BCUT2D eigenvalue weighted by Gasteiger charge is 2.62. The molecule has 1 saturated heterocycles. The van der Waals surface area contributed by atoms with Crippen molar-refractivity contribution in [2.45, 2.75) is 64.9 Å². The van der Waals surface area contributed by atoms with Gasteiger partial charge in [0, 0.05) is 17.3 Å². The molecular weight excluding hydrogens is 312 g/mol. The number of hydrogen-bond acceptors (Lipinski definition) is 3. The number of ether oxygens (including phenoxy) is 1. The van der Waals surface area contributed by atoms with Crippen LogP contribution in [0.5, 0.6) is 0 Å². The second-order valence-corrected chi connectivity index (χ2v) is 9.59. The van der Waals surface area contributed by atoms with Crippen LogP contribution in [0.3, 0.4) is 0 Å². The average Bonchev–Trinajstić information content (AvgIpc) is 2.88. The molecule has 0 aromatic heterocycles. The van der Waals surface area contributed by atoms with Crippen LogP contribution in [0.2, 0.25) is 0 Å². The summed E-state index contributed by atoms with van der Waals surface area (Å²) in [7, 11) is 0. The van der Waals surface area contributed by atoms with E-state index in [0.29, 0.717) is 30.1 Å². The topological polar surface area (TPSA) is 43.4 Å². The third-order valence-electron chi connectivity index (χ3n) is 8.61. The highest BCUT2D eigenvalue weighted by molar-refractivity contribution is 6.01. The first-order valence-electron chi connectivity index (χ1n) is 10.1. The zero-order valence-electron chi connectivity index (χ0n) is 15.3. The molecule has 0 bridgehead atoms. The largest absolute Gasteiger partial charge is 0.461 e. The van der Waals surface area contributed by atoms with Gasteiger partial charge in [-0.2, -0.15) is 0 Å². The quantitative estimate of drug-likeness (QED) is 0.620. The molecule has 7 unspecified atom stereocenters. The van der Waals surface area contributed by atoms with Crippen LogP contribution in [0.25, 0.3) is 0 Å². The second-order valence-electron chi connectivity index (χ2n) is 9.59. The zero-order chi connectivity index (χ0) is 17.4. The van der Waals surface area contributed by atoms with Crippen LogP contribution in [-0.2, 0) is 14.3 Å². The van der Waals surface area contributed by atoms with Gasteiger partial charge < -0.3 is 4.74 Å². The van der Waals surface area contributed by atoms with Gasteiger partial charge in [-0.1, -0.05) is 25.5 Å². The summed E-state index contributed by atoms with van der Waals surface area (Å²) in [4.78, 5) is 23.7. The summed E-state index contributed by atoms with van der Waals surface area (Å²) < 4.78 is 5.90. The van der Waals surface area contributed by atoms with E-state index >= 15 is 0 Å².